The molecule has 1 heterocycles. The van der Waals surface area contributed by atoms with Crippen LogP contribution in [0.1, 0.15) is 90.4 Å². The summed E-state index contributed by atoms with van der Waals surface area (Å²) in [7, 11) is 0. The van der Waals surface area contributed by atoms with Crippen LogP contribution in [0.4, 0.5) is 0 Å². The topological polar surface area (TPSA) is 66.8 Å². The first-order valence-corrected chi connectivity index (χ1v) is 11.1. The zero-order chi connectivity index (χ0) is 20.5. The Bertz CT molecular complexity index is 481. The number of carbonyl (C=O) groups is 1. The van der Waals surface area contributed by atoms with Crippen molar-refractivity contribution < 1.29 is 19.7 Å². The molecule has 0 spiro atoms. The molecular formula is C24H40O4. The van der Waals surface area contributed by atoms with E-state index in [2.05, 4.69) is 12.2 Å². The van der Waals surface area contributed by atoms with Crippen LogP contribution in [0.2, 0.25) is 0 Å². The minimum atomic E-state index is -0.647. The molecule has 1 rings (SSSR count). The molecule has 4 heteroatoms. The Morgan fingerprint density at radius 1 is 0.821 bits per heavy atom. The van der Waals surface area contributed by atoms with Crippen LogP contribution >= 0.6 is 0 Å². The van der Waals surface area contributed by atoms with E-state index in [9.17, 15) is 15.0 Å². The van der Waals surface area contributed by atoms with Crippen LogP contribution < -0.4 is 0 Å². The van der Waals surface area contributed by atoms with E-state index in [-0.39, 0.29) is 18.2 Å². The van der Waals surface area contributed by atoms with Crippen molar-refractivity contribution in [1.82, 2.24) is 0 Å². The van der Waals surface area contributed by atoms with Gasteiger partial charge in [-0.05, 0) is 58.3 Å². The van der Waals surface area contributed by atoms with Crippen LogP contribution in [0, 0.1) is 0 Å². The molecule has 0 aromatic rings. The van der Waals surface area contributed by atoms with Crippen molar-refractivity contribution in [1.29, 1.82) is 0 Å². The average molecular weight is 393 g/mol. The number of aliphatic hydroxyl groups excluding tert-OH is 2. The van der Waals surface area contributed by atoms with Crippen LogP contribution in [0.3, 0.4) is 0 Å². The molecule has 0 fully saturated rings. The number of allylic oxidation sites excluding steroid dienone is 2. The van der Waals surface area contributed by atoms with Crippen molar-refractivity contribution in [3.63, 3.8) is 0 Å². The maximum atomic E-state index is 11.8. The van der Waals surface area contributed by atoms with Crippen molar-refractivity contribution in [3.8, 4) is 0 Å². The Morgan fingerprint density at radius 2 is 1.50 bits per heavy atom. The highest BCUT2D eigenvalue weighted by Crippen LogP contribution is 2.12. The SMILES string of the molecule is C[C@@H]1CCC/C=C/CCCCCCCC[C@@H](O)C/C=C/[C@@H](O)C/C=C/C(=O)O1. The smallest absolute Gasteiger partial charge is 0.330 e. The van der Waals surface area contributed by atoms with Crippen molar-refractivity contribution in [2.45, 2.75) is 109 Å². The van der Waals surface area contributed by atoms with Gasteiger partial charge in [-0.25, -0.2) is 4.79 Å². The highest BCUT2D eigenvalue weighted by Gasteiger charge is 2.07. The maximum absolute atomic E-state index is 11.8. The number of hydrogen-bond acceptors (Lipinski definition) is 4. The number of aliphatic hydroxyl groups is 2. The molecule has 0 unspecified atom stereocenters. The van der Waals surface area contributed by atoms with E-state index in [4.69, 9.17) is 4.74 Å². The van der Waals surface area contributed by atoms with Gasteiger partial charge in [-0.15, -0.1) is 0 Å². The second-order valence-corrected chi connectivity index (χ2v) is 7.87. The van der Waals surface area contributed by atoms with E-state index in [1.807, 2.05) is 13.0 Å². The largest absolute Gasteiger partial charge is 0.460 e. The number of rotatable bonds is 0. The molecule has 0 aromatic heterocycles. The lowest BCUT2D eigenvalue weighted by Crippen LogP contribution is -2.13. The summed E-state index contributed by atoms with van der Waals surface area (Å²) in [5.74, 6) is -0.357. The summed E-state index contributed by atoms with van der Waals surface area (Å²) in [4.78, 5) is 11.8. The van der Waals surface area contributed by atoms with E-state index in [1.54, 1.807) is 12.2 Å². The van der Waals surface area contributed by atoms with Crippen molar-refractivity contribution >= 4 is 5.97 Å². The normalized spacial score (nSPS) is 31.8. The molecule has 28 heavy (non-hydrogen) atoms. The Balaban J connectivity index is 2.44. The predicted octanol–water partition coefficient (Wildman–Crippen LogP) is 5.39. The maximum Gasteiger partial charge on any atom is 0.330 e. The van der Waals surface area contributed by atoms with E-state index in [0.717, 1.165) is 38.5 Å². The third kappa shape index (κ3) is 14.6. The van der Waals surface area contributed by atoms with Crippen molar-refractivity contribution in [2.75, 3.05) is 0 Å². The molecule has 0 bridgehead atoms. The lowest BCUT2D eigenvalue weighted by atomic mass is 10.0. The standard InChI is InChI=1S/C24H40O4/c1-21-15-11-9-7-5-3-2-4-6-8-10-12-16-22(25)17-13-18-23(26)19-14-20-24(27)28-21/h5,7,13-14,18,20-23,25-26H,2-4,6,8-12,15-17,19H2,1H3/b7-5+,18-13+,20-14+/t21-,22-,23-/m1/s1. The number of hydrogen-bond donors (Lipinski definition) is 2. The van der Waals surface area contributed by atoms with Gasteiger partial charge in [0.2, 0.25) is 0 Å². The van der Waals surface area contributed by atoms with Crippen molar-refractivity contribution in [2.24, 2.45) is 0 Å². The first-order chi connectivity index (χ1) is 13.6. The number of carbonyl (C=O) groups excluding carboxylic acids is 1. The first kappa shape index (κ1) is 24.6. The molecule has 0 aromatic carbocycles. The van der Waals surface area contributed by atoms with Gasteiger partial charge in [0.15, 0.2) is 0 Å². The molecule has 0 aliphatic carbocycles. The Labute approximate surface area is 171 Å². The molecule has 0 amide bonds. The van der Waals surface area contributed by atoms with Gasteiger partial charge in [0.1, 0.15) is 0 Å². The highest BCUT2D eigenvalue weighted by molar-refractivity contribution is 5.82. The zero-order valence-electron chi connectivity index (χ0n) is 17.6. The molecule has 2 N–H and O–H groups in total. The second-order valence-electron chi connectivity index (χ2n) is 7.87. The van der Waals surface area contributed by atoms with Gasteiger partial charge in [-0.1, -0.05) is 62.5 Å². The average Bonchev–Trinajstić information content (AvgIpc) is 2.64. The van der Waals surface area contributed by atoms with Gasteiger partial charge in [0, 0.05) is 6.08 Å². The van der Waals surface area contributed by atoms with E-state index in [0.29, 0.717) is 12.8 Å². The summed E-state index contributed by atoms with van der Waals surface area (Å²) in [5.41, 5.74) is 0. The third-order valence-electron chi connectivity index (χ3n) is 5.02. The predicted molar refractivity (Wildman–Crippen MR) is 115 cm³/mol. The summed E-state index contributed by atoms with van der Waals surface area (Å²) >= 11 is 0. The summed E-state index contributed by atoms with van der Waals surface area (Å²) in [6.45, 7) is 1.92. The van der Waals surface area contributed by atoms with Crippen molar-refractivity contribution in [3.05, 3.63) is 36.5 Å². The van der Waals surface area contributed by atoms with Crippen LogP contribution in [0.25, 0.3) is 0 Å². The molecular weight excluding hydrogens is 352 g/mol. The van der Waals surface area contributed by atoms with Crippen LogP contribution in [-0.2, 0) is 9.53 Å². The minimum Gasteiger partial charge on any atom is -0.460 e. The molecule has 1 aliphatic rings. The quantitative estimate of drug-likeness (QED) is 0.428. The third-order valence-corrected chi connectivity index (χ3v) is 5.02. The number of cyclic esters (lactones) is 1. The van der Waals surface area contributed by atoms with Gasteiger partial charge in [-0.3, -0.25) is 0 Å². The summed E-state index contributed by atoms with van der Waals surface area (Å²) < 4.78 is 5.36. The molecule has 3 atom stereocenters. The lowest BCUT2D eigenvalue weighted by molar-refractivity contribution is -0.142. The minimum absolute atomic E-state index is 0.0950. The van der Waals surface area contributed by atoms with Gasteiger partial charge < -0.3 is 14.9 Å². The number of esters is 1. The second kappa shape index (κ2) is 16.6. The Morgan fingerprint density at radius 3 is 2.29 bits per heavy atom. The van der Waals surface area contributed by atoms with Gasteiger partial charge in [-0.2, -0.15) is 0 Å². The monoisotopic (exact) mass is 392 g/mol. The highest BCUT2D eigenvalue weighted by atomic mass is 16.5. The fourth-order valence-electron chi connectivity index (χ4n) is 3.30. The van der Waals surface area contributed by atoms with Gasteiger partial charge in [0.05, 0.1) is 18.3 Å². The molecule has 0 saturated carbocycles. The van der Waals surface area contributed by atoms with Gasteiger partial charge >= 0.3 is 5.97 Å². The van der Waals surface area contributed by atoms with Crippen LogP contribution in [-0.4, -0.2) is 34.5 Å². The molecule has 160 valence electrons. The van der Waals surface area contributed by atoms with E-state index in [1.165, 1.54) is 38.2 Å². The van der Waals surface area contributed by atoms with E-state index >= 15 is 0 Å². The molecule has 1 aliphatic heterocycles. The molecule has 4 nitrogen and oxygen atoms in total. The lowest BCUT2D eigenvalue weighted by Gasteiger charge is -2.11. The fourth-order valence-corrected chi connectivity index (χ4v) is 3.30. The molecule has 0 saturated heterocycles. The Hall–Kier alpha value is -1.39. The summed E-state index contributed by atoms with van der Waals surface area (Å²) in [6.07, 6.45) is 23.0. The van der Waals surface area contributed by atoms with E-state index < -0.39 is 6.10 Å². The Kier molecular flexibility index (Phi) is 14.6. The molecule has 0 radical (unpaired) electrons. The zero-order valence-corrected chi connectivity index (χ0v) is 17.6. The van der Waals surface area contributed by atoms with Gasteiger partial charge in [0.25, 0.3) is 0 Å². The number of ether oxygens (including phenoxy) is 1. The van der Waals surface area contributed by atoms with Crippen LogP contribution in [0.5, 0.6) is 0 Å². The van der Waals surface area contributed by atoms with Crippen LogP contribution in [0.15, 0.2) is 36.5 Å². The summed E-state index contributed by atoms with van der Waals surface area (Å²) in [5, 5.41) is 19.9. The summed E-state index contributed by atoms with van der Waals surface area (Å²) in [6, 6.07) is 0. The fraction of sp³-hybridized carbons (Fsp3) is 0.708. The first-order valence-electron chi connectivity index (χ1n) is 11.1.